The molecule has 0 saturated carbocycles. The summed E-state index contributed by atoms with van der Waals surface area (Å²) in [6.45, 7) is 3.53. The van der Waals surface area contributed by atoms with Crippen molar-refractivity contribution in [1.82, 2.24) is 0 Å². The third-order valence-corrected chi connectivity index (χ3v) is 1.68. The number of hydrogen-bond donors (Lipinski definition) is 0. The van der Waals surface area contributed by atoms with E-state index in [-0.39, 0.29) is 0 Å². The van der Waals surface area contributed by atoms with E-state index in [1.807, 2.05) is 24.3 Å². The van der Waals surface area contributed by atoms with Crippen molar-refractivity contribution in [1.29, 1.82) is 0 Å². The van der Waals surface area contributed by atoms with Crippen LogP contribution < -0.4 is 0 Å². The van der Waals surface area contributed by atoms with E-state index in [2.05, 4.69) is 27.5 Å². The smallest absolute Gasteiger partial charge is 0.0630 e. The van der Waals surface area contributed by atoms with E-state index >= 15 is 0 Å². The Morgan fingerprint density at radius 3 is 2.45 bits per heavy atom. The summed E-state index contributed by atoms with van der Waals surface area (Å²) >= 11 is 3.34. The fraction of sp³-hybridized carbons (Fsp3) is 0. The predicted molar refractivity (Wildman–Crippen MR) is 52.5 cm³/mol. The van der Waals surface area contributed by atoms with Gasteiger partial charge in [0, 0.05) is 10.7 Å². The molecule has 56 valence electrons. The summed E-state index contributed by atoms with van der Waals surface area (Å²) in [6.07, 6.45) is 3.32. The second kappa shape index (κ2) is 4.09. The molecular formula is C9H8BrN. The SMILES string of the molecule is C=CC=Nc1ccc(Br)cc1. The van der Waals surface area contributed by atoms with Gasteiger partial charge in [0.25, 0.3) is 0 Å². The standard InChI is InChI=1S/C9H8BrN/c1-2-7-11-9-5-3-8(10)4-6-9/h2-7H,1H2. The molecule has 0 aliphatic heterocycles. The Kier molecular flexibility index (Phi) is 3.05. The van der Waals surface area contributed by atoms with Crippen molar-refractivity contribution in [3.05, 3.63) is 41.4 Å². The van der Waals surface area contributed by atoms with Gasteiger partial charge in [0.05, 0.1) is 5.69 Å². The van der Waals surface area contributed by atoms with Crippen molar-refractivity contribution in [3.8, 4) is 0 Å². The number of aliphatic imine (C=N–C) groups is 1. The average Bonchev–Trinajstić information content (AvgIpc) is 2.04. The molecule has 0 aliphatic carbocycles. The highest BCUT2D eigenvalue weighted by atomic mass is 79.9. The van der Waals surface area contributed by atoms with E-state index in [1.54, 1.807) is 12.3 Å². The van der Waals surface area contributed by atoms with E-state index in [9.17, 15) is 0 Å². The number of hydrogen-bond acceptors (Lipinski definition) is 1. The van der Waals surface area contributed by atoms with Gasteiger partial charge in [-0.05, 0) is 24.3 Å². The first kappa shape index (κ1) is 8.21. The lowest BCUT2D eigenvalue weighted by atomic mass is 10.3. The Bertz CT molecular complexity index is 261. The molecule has 0 bridgehead atoms. The first-order chi connectivity index (χ1) is 5.33. The quantitative estimate of drug-likeness (QED) is 0.663. The molecule has 1 aromatic rings. The highest BCUT2D eigenvalue weighted by Crippen LogP contribution is 2.15. The van der Waals surface area contributed by atoms with Crippen molar-refractivity contribution in [2.24, 2.45) is 4.99 Å². The predicted octanol–water partition coefficient (Wildman–Crippen LogP) is 3.34. The van der Waals surface area contributed by atoms with Gasteiger partial charge in [0.15, 0.2) is 0 Å². The largest absolute Gasteiger partial charge is 0.257 e. The lowest BCUT2D eigenvalue weighted by molar-refractivity contribution is 1.52. The van der Waals surface area contributed by atoms with Gasteiger partial charge < -0.3 is 0 Å². The maximum atomic E-state index is 4.10. The number of halogens is 1. The van der Waals surface area contributed by atoms with E-state index in [0.717, 1.165) is 10.2 Å². The van der Waals surface area contributed by atoms with Crippen LogP contribution in [0.15, 0.2) is 46.4 Å². The monoisotopic (exact) mass is 209 g/mol. The molecule has 2 heteroatoms. The second-order valence-corrected chi connectivity index (χ2v) is 2.91. The van der Waals surface area contributed by atoms with Crippen molar-refractivity contribution in [2.75, 3.05) is 0 Å². The Hall–Kier alpha value is -0.890. The number of benzene rings is 1. The molecule has 0 amide bonds. The molecule has 0 fully saturated rings. The van der Waals surface area contributed by atoms with Crippen LogP contribution in [-0.2, 0) is 0 Å². The minimum absolute atomic E-state index is 0.938. The zero-order valence-electron chi connectivity index (χ0n) is 6.00. The van der Waals surface area contributed by atoms with Crippen LogP contribution in [0, 0.1) is 0 Å². The van der Waals surface area contributed by atoms with Gasteiger partial charge >= 0.3 is 0 Å². The van der Waals surface area contributed by atoms with Crippen LogP contribution >= 0.6 is 15.9 Å². The van der Waals surface area contributed by atoms with Crippen molar-refractivity contribution < 1.29 is 0 Å². The fourth-order valence-corrected chi connectivity index (χ4v) is 0.930. The molecule has 0 unspecified atom stereocenters. The summed E-state index contributed by atoms with van der Waals surface area (Å²) in [6, 6.07) is 7.78. The molecule has 0 radical (unpaired) electrons. The van der Waals surface area contributed by atoms with Gasteiger partial charge in [-0.3, -0.25) is 4.99 Å². The summed E-state index contributed by atoms with van der Waals surface area (Å²) in [5.41, 5.74) is 0.938. The average molecular weight is 210 g/mol. The number of allylic oxidation sites excluding steroid dienone is 1. The Labute approximate surface area is 74.6 Å². The van der Waals surface area contributed by atoms with Crippen molar-refractivity contribution >= 4 is 27.8 Å². The summed E-state index contributed by atoms with van der Waals surface area (Å²) in [5, 5.41) is 0. The van der Waals surface area contributed by atoms with Crippen LogP contribution in [0.1, 0.15) is 0 Å². The van der Waals surface area contributed by atoms with Gasteiger partial charge in [-0.15, -0.1) is 0 Å². The fourth-order valence-electron chi connectivity index (χ4n) is 0.666. The molecule has 0 spiro atoms. The van der Waals surface area contributed by atoms with E-state index in [4.69, 9.17) is 0 Å². The lowest BCUT2D eigenvalue weighted by Crippen LogP contribution is -1.65. The molecule has 0 aromatic heterocycles. The number of nitrogens with zero attached hydrogens (tertiary/aromatic N) is 1. The second-order valence-electron chi connectivity index (χ2n) is 1.99. The Morgan fingerprint density at radius 2 is 1.91 bits per heavy atom. The van der Waals surface area contributed by atoms with Crippen LogP contribution in [0.5, 0.6) is 0 Å². The zero-order chi connectivity index (χ0) is 8.10. The van der Waals surface area contributed by atoms with Gasteiger partial charge in [-0.25, -0.2) is 0 Å². The highest BCUT2D eigenvalue weighted by molar-refractivity contribution is 9.10. The normalized spacial score (nSPS) is 10.3. The van der Waals surface area contributed by atoms with Gasteiger partial charge in [0.1, 0.15) is 0 Å². The van der Waals surface area contributed by atoms with E-state index < -0.39 is 0 Å². The molecule has 11 heavy (non-hydrogen) atoms. The molecule has 0 atom stereocenters. The van der Waals surface area contributed by atoms with E-state index in [0.29, 0.717) is 0 Å². The first-order valence-electron chi connectivity index (χ1n) is 3.23. The van der Waals surface area contributed by atoms with Crippen molar-refractivity contribution in [2.45, 2.75) is 0 Å². The minimum atomic E-state index is 0.938. The maximum absolute atomic E-state index is 4.10. The zero-order valence-corrected chi connectivity index (χ0v) is 7.58. The Morgan fingerprint density at radius 1 is 1.27 bits per heavy atom. The van der Waals surface area contributed by atoms with Gasteiger partial charge in [-0.1, -0.05) is 28.6 Å². The van der Waals surface area contributed by atoms with E-state index in [1.165, 1.54) is 0 Å². The third kappa shape index (κ3) is 2.68. The van der Waals surface area contributed by atoms with Crippen LogP contribution in [0.2, 0.25) is 0 Å². The van der Waals surface area contributed by atoms with Crippen molar-refractivity contribution in [3.63, 3.8) is 0 Å². The summed E-state index contributed by atoms with van der Waals surface area (Å²) in [5.74, 6) is 0. The van der Waals surface area contributed by atoms with Crippen LogP contribution in [0.25, 0.3) is 0 Å². The van der Waals surface area contributed by atoms with Crippen LogP contribution in [0.3, 0.4) is 0 Å². The molecule has 1 rings (SSSR count). The third-order valence-electron chi connectivity index (χ3n) is 1.16. The topological polar surface area (TPSA) is 12.4 Å². The molecule has 1 nitrogen and oxygen atoms in total. The molecule has 0 heterocycles. The first-order valence-corrected chi connectivity index (χ1v) is 4.03. The summed E-state index contributed by atoms with van der Waals surface area (Å²) in [7, 11) is 0. The van der Waals surface area contributed by atoms with Gasteiger partial charge in [-0.2, -0.15) is 0 Å². The molecule has 0 N–H and O–H groups in total. The maximum Gasteiger partial charge on any atom is 0.0630 e. The summed E-state index contributed by atoms with van der Waals surface area (Å²) in [4.78, 5) is 4.10. The van der Waals surface area contributed by atoms with Gasteiger partial charge in [0.2, 0.25) is 0 Å². The van der Waals surface area contributed by atoms with Crippen LogP contribution in [0.4, 0.5) is 5.69 Å². The molecule has 0 saturated heterocycles. The lowest BCUT2D eigenvalue weighted by Gasteiger charge is -1.91. The molecular weight excluding hydrogens is 202 g/mol. The molecule has 0 aliphatic rings. The summed E-state index contributed by atoms with van der Waals surface area (Å²) < 4.78 is 1.06. The van der Waals surface area contributed by atoms with Crippen LogP contribution in [-0.4, -0.2) is 6.21 Å². The minimum Gasteiger partial charge on any atom is -0.257 e. The number of rotatable bonds is 2. The Balaban J connectivity index is 2.81. The highest BCUT2D eigenvalue weighted by Gasteiger charge is 1.85. The molecule has 1 aromatic carbocycles.